The summed E-state index contributed by atoms with van der Waals surface area (Å²) >= 11 is 3.48. The Hall–Kier alpha value is 0.466. The third-order valence-corrected chi connectivity index (χ3v) is 2.64. The van der Waals surface area contributed by atoms with Gasteiger partial charge in [0.1, 0.15) is 0 Å². The fourth-order valence-electron chi connectivity index (χ4n) is 0.794. The Bertz CT molecular complexity index is 208. The first-order valence-corrected chi connectivity index (χ1v) is 3.73. The molecule has 52 valence electrons. The summed E-state index contributed by atoms with van der Waals surface area (Å²) in [6, 6.07) is 6.25. The van der Waals surface area contributed by atoms with Gasteiger partial charge >= 0.3 is 23.1 Å². The molecule has 0 nitrogen and oxygen atoms in total. The molecule has 0 heterocycles. The minimum atomic E-state index is 0. The van der Waals surface area contributed by atoms with Crippen molar-refractivity contribution >= 4 is 39.0 Å². The minimum absolute atomic E-state index is 0. The van der Waals surface area contributed by atoms with Crippen molar-refractivity contribution in [3.63, 3.8) is 0 Å². The number of aryl methyl sites for hydroxylation is 2. The fourth-order valence-corrected chi connectivity index (χ4v) is 1.06. The van der Waals surface area contributed by atoms with E-state index in [4.69, 9.17) is 0 Å². The summed E-state index contributed by atoms with van der Waals surface area (Å²) in [7, 11) is 0. The van der Waals surface area contributed by atoms with Crippen LogP contribution in [0.4, 0.5) is 0 Å². The first-order valence-electron chi connectivity index (χ1n) is 2.93. The molecule has 2 heteroatoms. The maximum Gasteiger partial charge on any atom is 2.00 e. The smallest absolute Gasteiger partial charge is 1.00 e. The topological polar surface area (TPSA) is 0 Å². The molecule has 1 aromatic rings. The van der Waals surface area contributed by atoms with Gasteiger partial charge in [-0.05, 0) is 25.0 Å². The van der Waals surface area contributed by atoms with Crippen LogP contribution in [0.2, 0.25) is 0 Å². The predicted octanol–water partition coefficient (Wildman–Crippen LogP) is 2.91. The van der Waals surface area contributed by atoms with Crippen molar-refractivity contribution in [2.45, 2.75) is 13.8 Å². The Labute approximate surface area is 89.3 Å². The molecule has 10 heavy (non-hydrogen) atoms. The minimum Gasteiger partial charge on any atom is -1.00 e. The second-order valence-electron chi connectivity index (χ2n) is 2.21. The van der Waals surface area contributed by atoms with Crippen LogP contribution in [0.5, 0.6) is 0 Å². The molecule has 0 saturated carbocycles. The number of halogens is 1. The number of benzene rings is 1. The van der Waals surface area contributed by atoms with Crippen molar-refractivity contribution in [2.75, 3.05) is 0 Å². The molecule has 0 amide bonds. The molecule has 1 rings (SSSR count). The van der Waals surface area contributed by atoms with E-state index in [1.807, 2.05) is 0 Å². The molecular weight excluding hydrogens is 200 g/mol. The molecule has 0 aliphatic rings. The third-order valence-electron chi connectivity index (χ3n) is 1.38. The van der Waals surface area contributed by atoms with E-state index in [2.05, 4.69) is 48.0 Å². The molecule has 0 atom stereocenters. The summed E-state index contributed by atoms with van der Waals surface area (Å²) in [6.07, 6.45) is 0. The number of hydrogen-bond donors (Lipinski definition) is 0. The maximum absolute atomic E-state index is 3.48. The standard InChI is InChI=1S/C8H9Br.Mg.2H/c1-6-4-3-5-7(2)8(6)9;;;/h3-5H,1-2H3;;;/q;+2;2*-1. The third kappa shape index (κ3) is 2.26. The van der Waals surface area contributed by atoms with E-state index in [1.54, 1.807) is 0 Å². The molecule has 0 saturated heterocycles. The molecule has 0 unspecified atom stereocenters. The van der Waals surface area contributed by atoms with Crippen LogP contribution in [0.3, 0.4) is 0 Å². The summed E-state index contributed by atoms with van der Waals surface area (Å²) < 4.78 is 1.23. The van der Waals surface area contributed by atoms with Crippen molar-refractivity contribution in [1.29, 1.82) is 0 Å². The molecule has 0 aliphatic carbocycles. The van der Waals surface area contributed by atoms with Crippen LogP contribution in [-0.2, 0) is 0 Å². The second-order valence-corrected chi connectivity index (χ2v) is 3.00. The summed E-state index contributed by atoms with van der Waals surface area (Å²) in [4.78, 5) is 0. The van der Waals surface area contributed by atoms with E-state index < -0.39 is 0 Å². The molecule has 0 aliphatic heterocycles. The number of hydrogen-bond acceptors (Lipinski definition) is 0. The van der Waals surface area contributed by atoms with E-state index >= 15 is 0 Å². The van der Waals surface area contributed by atoms with Gasteiger partial charge in [-0.15, -0.1) is 0 Å². The molecule has 0 radical (unpaired) electrons. The van der Waals surface area contributed by atoms with Gasteiger partial charge in [0.15, 0.2) is 0 Å². The first kappa shape index (κ1) is 10.5. The van der Waals surface area contributed by atoms with Crippen LogP contribution in [0.25, 0.3) is 0 Å². The van der Waals surface area contributed by atoms with E-state index in [0.29, 0.717) is 0 Å². The normalized spacial score (nSPS) is 8.70. The van der Waals surface area contributed by atoms with Crippen molar-refractivity contribution < 1.29 is 2.85 Å². The Morgan fingerprint density at radius 1 is 1.20 bits per heavy atom. The molecule has 0 fully saturated rings. The average molecular weight is 211 g/mol. The molecule has 0 aromatic heterocycles. The van der Waals surface area contributed by atoms with Crippen LogP contribution >= 0.6 is 15.9 Å². The van der Waals surface area contributed by atoms with Gasteiger partial charge in [-0.1, -0.05) is 34.1 Å². The molecule has 0 bridgehead atoms. The van der Waals surface area contributed by atoms with Gasteiger partial charge in [0.25, 0.3) is 0 Å². The first-order chi connectivity index (χ1) is 4.22. The summed E-state index contributed by atoms with van der Waals surface area (Å²) in [5.41, 5.74) is 2.60. The zero-order chi connectivity index (χ0) is 6.85. The molecule has 0 N–H and O–H groups in total. The van der Waals surface area contributed by atoms with Crippen LogP contribution in [0.15, 0.2) is 22.7 Å². The van der Waals surface area contributed by atoms with Crippen LogP contribution in [0, 0.1) is 13.8 Å². The molecule has 0 spiro atoms. The molecular formula is C8H11BrMg. The van der Waals surface area contributed by atoms with Crippen molar-refractivity contribution in [3.05, 3.63) is 33.8 Å². The fraction of sp³-hybridized carbons (Fsp3) is 0.250. The Balaban J connectivity index is -0.000000270. The van der Waals surface area contributed by atoms with E-state index in [9.17, 15) is 0 Å². The van der Waals surface area contributed by atoms with Crippen molar-refractivity contribution in [3.8, 4) is 0 Å². The largest absolute Gasteiger partial charge is 2.00 e. The average Bonchev–Trinajstić information content (AvgIpc) is 1.83. The van der Waals surface area contributed by atoms with E-state index in [0.717, 1.165) is 0 Å². The van der Waals surface area contributed by atoms with Crippen LogP contribution < -0.4 is 0 Å². The Morgan fingerprint density at radius 2 is 1.60 bits per heavy atom. The maximum atomic E-state index is 3.48. The van der Waals surface area contributed by atoms with Crippen LogP contribution in [0.1, 0.15) is 14.0 Å². The van der Waals surface area contributed by atoms with Gasteiger partial charge in [0.2, 0.25) is 0 Å². The van der Waals surface area contributed by atoms with Gasteiger partial charge in [0, 0.05) is 4.47 Å². The van der Waals surface area contributed by atoms with Crippen molar-refractivity contribution in [2.24, 2.45) is 0 Å². The van der Waals surface area contributed by atoms with Crippen molar-refractivity contribution in [1.82, 2.24) is 0 Å². The monoisotopic (exact) mass is 210 g/mol. The SMILES string of the molecule is Cc1cccc(C)c1Br.[H-].[H-].[Mg+2]. The number of rotatable bonds is 0. The summed E-state index contributed by atoms with van der Waals surface area (Å²) in [6.45, 7) is 4.19. The van der Waals surface area contributed by atoms with Gasteiger partial charge in [-0.3, -0.25) is 0 Å². The summed E-state index contributed by atoms with van der Waals surface area (Å²) in [5, 5.41) is 0. The van der Waals surface area contributed by atoms with E-state index in [1.165, 1.54) is 15.6 Å². The van der Waals surface area contributed by atoms with Crippen LogP contribution in [-0.4, -0.2) is 23.1 Å². The Kier molecular flexibility index (Phi) is 4.57. The zero-order valence-corrected chi connectivity index (χ0v) is 9.32. The Morgan fingerprint density at radius 3 is 1.90 bits per heavy atom. The van der Waals surface area contributed by atoms with Gasteiger partial charge in [-0.25, -0.2) is 0 Å². The quantitative estimate of drug-likeness (QED) is 0.579. The second kappa shape index (κ2) is 4.37. The van der Waals surface area contributed by atoms with Gasteiger partial charge < -0.3 is 2.85 Å². The zero-order valence-electron chi connectivity index (χ0n) is 8.32. The predicted molar refractivity (Wildman–Crippen MR) is 51.6 cm³/mol. The molecule has 1 aromatic carbocycles. The summed E-state index contributed by atoms with van der Waals surface area (Å²) in [5.74, 6) is 0. The van der Waals surface area contributed by atoms with Gasteiger partial charge in [0.05, 0.1) is 0 Å². The van der Waals surface area contributed by atoms with E-state index in [-0.39, 0.29) is 25.9 Å². The van der Waals surface area contributed by atoms with Gasteiger partial charge in [-0.2, -0.15) is 0 Å².